The van der Waals surface area contributed by atoms with Crippen LogP contribution in [0.15, 0.2) is 36.4 Å². The van der Waals surface area contributed by atoms with Gasteiger partial charge >= 0.3 is 0 Å². The fourth-order valence-corrected chi connectivity index (χ4v) is 4.04. The molecule has 1 aliphatic rings. The Kier molecular flexibility index (Phi) is 4.49. The van der Waals surface area contributed by atoms with E-state index in [1.54, 1.807) is 0 Å². The van der Waals surface area contributed by atoms with E-state index < -0.39 is 11.6 Å². The van der Waals surface area contributed by atoms with Crippen LogP contribution in [-0.2, 0) is 25.9 Å². The minimum Gasteiger partial charge on any atom is -0.341 e. The molecule has 0 spiro atoms. The van der Waals surface area contributed by atoms with Crippen molar-refractivity contribution in [3.63, 3.8) is 0 Å². The highest BCUT2D eigenvalue weighted by molar-refractivity contribution is 6.30. The lowest BCUT2D eigenvalue weighted by molar-refractivity contribution is 0.228. The quantitative estimate of drug-likeness (QED) is 0.612. The van der Waals surface area contributed by atoms with Gasteiger partial charge in [0.15, 0.2) is 0 Å². The Balaban J connectivity index is 1.80. The summed E-state index contributed by atoms with van der Waals surface area (Å²) in [6, 6.07) is 10.5. The molecule has 0 saturated heterocycles. The molecule has 0 bridgehead atoms. The largest absolute Gasteiger partial charge is 0.341 e. The molecule has 26 heavy (non-hydrogen) atoms. The first kappa shape index (κ1) is 17.5. The summed E-state index contributed by atoms with van der Waals surface area (Å²) in [6.45, 7) is 3.54. The number of hydrogen-bond acceptors (Lipinski definition) is 1. The normalized spacial score (nSPS) is 17.7. The van der Waals surface area contributed by atoms with Gasteiger partial charge < -0.3 is 4.57 Å². The third-order valence-electron chi connectivity index (χ3n) is 5.48. The smallest absolute Gasteiger partial charge is 0.150 e. The summed E-state index contributed by atoms with van der Waals surface area (Å²) in [5.74, 6) is -1.00. The van der Waals surface area contributed by atoms with Crippen LogP contribution >= 0.6 is 11.6 Å². The molecule has 2 nitrogen and oxygen atoms in total. The predicted molar refractivity (Wildman–Crippen MR) is 102 cm³/mol. The van der Waals surface area contributed by atoms with Crippen LogP contribution in [0.3, 0.4) is 0 Å². The number of aromatic nitrogens is 1. The second-order valence-electron chi connectivity index (χ2n) is 7.21. The Hall–Kier alpha value is -1.91. The van der Waals surface area contributed by atoms with Gasteiger partial charge in [-0.15, -0.1) is 0 Å². The molecule has 5 heteroatoms. The van der Waals surface area contributed by atoms with E-state index in [2.05, 4.69) is 23.4 Å². The van der Waals surface area contributed by atoms with Crippen LogP contribution < -0.4 is 0 Å². The van der Waals surface area contributed by atoms with E-state index >= 15 is 0 Å². The summed E-state index contributed by atoms with van der Waals surface area (Å²) in [7, 11) is 2.06. The maximum Gasteiger partial charge on any atom is 0.150 e. The van der Waals surface area contributed by atoms with Crippen molar-refractivity contribution in [2.45, 2.75) is 38.9 Å². The van der Waals surface area contributed by atoms with Gasteiger partial charge in [0.1, 0.15) is 11.6 Å². The van der Waals surface area contributed by atoms with Crippen LogP contribution in [0.4, 0.5) is 8.78 Å². The van der Waals surface area contributed by atoms with Crippen molar-refractivity contribution in [3.05, 3.63) is 69.9 Å². The molecule has 2 heterocycles. The number of rotatable bonds is 3. The standard InChI is InChI=1S/C21H21ClF2N2/c1-13-9-20-18(12-25(13)2)17-10-16(23)11-19(24)21(17)26(20)8-7-14-3-5-15(22)6-4-14/h3-6,10-11,13H,7-9,12H2,1-2H3. The van der Waals surface area contributed by atoms with Gasteiger partial charge in [-0.1, -0.05) is 23.7 Å². The monoisotopic (exact) mass is 374 g/mol. The van der Waals surface area contributed by atoms with E-state index in [-0.39, 0.29) is 0 Å². The molecule has 0 amide bonds. The van der Waals surface area contributed by atoms with Crippen molar-refractivity contribution in [2.24, 2.45) is 0 Å². The highest BCUT2D eigenvalue weighted by atomic mass is 35.5. The van der Waals surface area contributed by atoms with Crippen molar-refractivity contribution in [1.82, 2.24) is 9.47 Å². The molecule has 1 aliphatic heterocycles. The molecule has 0 N–H and O–H groups in total. The second-order valence-corrected chi connectivity index (χ2v) is 7.64. The first-order chi connectivity index (χ1) is 12.4. The molecule has 1 atom stereocenters. The van der Waals surface area contributed by atoms with E-state index in [1.165, 1.54) is 6.07 Å². The summed E-state index contributed by atoms with van der Waals surface area (Å²) in [6.07, 6.45) is 1.61. The highest BCUT2D eigenvalue weighted by Gasteiger charge is 2.28. The Labute approximate surface area is 157 Å². The maximum atomic E-state index is 14.7. The fourth-order valence-electron chi connectivity index (χ4n) is 3.91. The van der Waals surface area contributed by atoms with Crippen molar-refractivity contribution in [3.8, 4) is 0 Å². The lowest BCUT2D eigenvalue weighted by Crippen LogP contribution is -2.35. The zero-order chi connectivity index (χ0) is 18.4. The Morgan fingerprint density at radius 1 is 1.15 bits per heavy atom. The van der Waals surface area contributed by atoms with E-state index in [0.717, 1.165) is 35.7 Å². The van der Waals surface area contributed by atoms with Crippen LogP contribution in [-0.4, -0.2) is 22.6 Å². The minimum absolute atomic E-state index is 0.369. The molecule has 0 radical (unpaired) electrons. The molecule has 136 valence electrons. The van der Waals surface area contributed by atoms with Crippen LogP contribution in [0.5, 0.6) is 0 Å². The summed E-state index contributed by atoms with van der Waals surface area (Å²) in [4.78, 5) is 2.23. The van der Waals surface area contributed by atoms with Crippen LogP contribution in [0.1, 0.15) is 23.7 Å². The lowest BCUT2D eigenvalue weighted by Gasteiger charge is -2.31. The molecular formula is C21H21ClF2N2. The minimum atomic E-state index is -0.520. The molecule has 4 rings (SSSR count). The third kappa shape index (κ3) is 3.01. The Morgan fingerprint density at radius 2 is 1.88 bits per heavy atom. The van der Waals surface area contributed by atoms with Crippen molar-refractivity contribution in [1.29, 1.82) is 0 Å². The van der Waals surface area contributed by atoms with Gasteiger partial charge in [0.25, 0.3) is 0 Å². The first-order valence-electron chi connectivity index (χ1n) is 8.87. The molecule has 1 aromatic heterocycles. The summed E-state index contributed by atoms with van der Waals surface area (Å²) < 4.78 is 30.6. The van der Waals surface area contributed by atoms with E-state index in [9.17, 15) is 8.78 Å². The highest BCUT2D eigenvalue weighted by Crippen LogP contribution is 2.34. The molecule has 2 aromatic carbocycles. The predicted octanol–water partition coefficient (Wildman–Crippen LogP) is 5.19. The molecule has 3 aromatic rings. The number of aryl methyl sites for hydroxylation is 2. The Bertz CT molecular complexity index is 963. The first-order valence-corrected chi connectivity index (χ1v) is 9.25. The van der Waals surface area contributed by atoms with E-state index in [1.807, 2.05) is 24.3 Å². The fraction of sp³-hybridized carbons (Fsp3) is 0.333. The summed E-state index contributed by atoms with van der Waals surface area (Å²) >= 11 is 5.95. The molecule has 1 unspecified atom stereocenters. The number of benzene rings is 2. The van der Waals surface area contributed by atoms with Gasteiger partial charge in [-0.25, -0.2) is 8.78 Å². The average molecular weight is 375 g/mol. The summed E-state index contributed by atoms with van der Waals surface area (Å²) in [5, 5.41) is 1.41. The third-order valence-corrected chi connectivity index (χ3v) is 5.74. The maximum absolute atomic E-state index is 14.7. The summed E-state index contributed by atoms with van der Waals surface area (Å²) in [5.41, 5.74) is 3.85. The number of likely N-dealkylation sites (N-methyl/N-ethyl adjacent to an activating group) is 1. The van der Waals surface area contributed by atoms with Crippen LogP contribution in [0.25, 0.3) is 10.9 Å². The van der Waals surface area contributed by atoms with Crippen LogP contribution in [0.2, 0.25) is 5.02 Å². The van der Waals surface area contributed by atoms with Gasteiger partial charge in [-0.3, -0.25) is 4.90 Å². The van der Waals surface area contributed by atoms with Crippen molar-refractivity contribution < 1.29 is 8.78 Å². The van der Waals surface area contributed by atoms with Crippen molar-refractivity contribution >= 4 is 22.5 Å². The molecule has 0 fully saturated rings. The number of halogens is 3. The molecule has 0 saturated carbocycles. The molecule has 0 aliphatic carbocycles. The second kappa shape index (κ2) is 6.67. The topological polar surface area (TPSA) is 8.17 Å². The van der Waals surface area contributed by atoms with Gasteiger partial charge in [-0.2, -0.15) is 0 Å². The SMILES string of the molecule is CC1Cc2c(c3cc(F)cc(F)c3n2CCc2ccc(Cl)cc2)CN1C. The zero-order valence-electron chi connectivity index (χ0n) is 14.9. The number of nitrogens with zero attached hydrogens (tertiary/aromatic N) is 2. The van der Waals surface area contributed by atoms with Crippen LogP contribution in [0, 0.1) is 11.6 Å². The zero-order valence-corrected chi connectivity index (χ0v) is 15.7. The Morgan fingerprint density at radius 3 is 2.62 bits per heavy atom. The molecular weight excluding hydrogens is 354 g/mol. The van der Waals surface area contributed by atoms with Gasteiger partial charge in [-0.05, 0) is 49.7 Å². The number of fused-ring (bicyclic) bond motifs is 3. The van der Waals surface area contributed by atoms with Gasteiger partial charge in [0.2, 0.25) is 0 Å². The average Bonchev–Trinajstić information content (AvgIpc) is 2.88. The number of hydrogen-bond donors (Lipinski definition) is 0. The lowest BCUT2D eigenvalue weighted by atomic mass is 10.00. The van der Waals surface area contributed by atoms with Gasteiger partial charge in [0.05, 0.1) is 5.52 Å². The van der Waals surface area contributed by atoms with E-state index in [4.69, 9.17) is 11.6 Å². The van der Waals surface area contributed by atoms with Crippen molar-refractivity contribution in [2.75, 3.05) is 7.05 Å². The van der Waals surface area contributed by atoms with Gasteiger partial charge in [0, 0.05) is 47.7 Å². The van der Waals surface area contributed by atoms with E-state index in [0.29, 0.717) is 35.1 Å².